The van der Waals surface area contributed by atoms with Crippen molar-refractivity contribution >= 4 is 18.4 Å². The fourth-order valence-electron chi connectivity index (χ4n) is 1.36. The molecule has 1 aliphatic rings. The Morgan fingerprint density at radius 3 is 2.54 bits per heavy atom. The van der Waals surface area contributed by atoms with Crippen molar-refractivity contribution in [2.24, 2.45) is 0 Å². The van der Waals surface area contributed by atoms with Crippen LogP contribution in [0, 0.1) is 0 Å². The fraction of sp³-hybridized carbons (Fsp3) is 1.00. The van der Waals surface area contributed by atoms with E-state index in [4.69, 9.17) is 20.9 Å². The summed E-state index contributed by atoms with van der Waals surface area (Å²) < 4.78 is 13.5. The molecule has 0 aliphatic carbocycles. The third-order valence-electron chi connectivity index (χ3n) is 2.17. The Bertz CT molecular complexity index is 208. The molecular formula is C8H18NO2PS. The lowest BCUT2D eigenvalue weighted by molar-refractivity contribution is 0.0947. The van der Waals surface area contributed by atoms with Gasteiger partial charge in [0.1, 0.15) is 0 Å². The molecule has 0 aromatic carbocycles. The molecule has 0 N–H and O–H groups in total. The average molecular weight is 223 g/mol. The molecular weight excluding hydrogens is 205 g/mol. The van der Waals surface area contributed by atoms with Crippen LogP contribution in [0.3, 0.4) is 0 Å². The van der Waals surface area contributed by atoms with Gasteiger partial charge >= 0.3 is 0 Å². The molecule has 0 amide bonds. The highest BCUT2D eigenvalue weighted by molar-refractivity contribution is 8.08. The third kappa shape index (κ3) is 2.74. The largest absolute Gasteiger partial charge is 0.318 e. The van der Waals surface area contributed by atoms with Crippen molar-refractivity contribution in [2.45, 2.75) is 33.3 Å². The highest BCUT2D eigenvalue weighted by Gasteiger charge is 2.31. The predicted octanol–water partition coefficient (Wildman–Crippen LogP) is 2.38. The van der Waals surface area contributed by atoms with Crippen LogP contribution in [0.4, 0.5) is 0 Å². The minimum Gasteiger partial charge on any atom is -0.318 e. The second-order valence-corrected chi connectivity index (χ2v) is 6.50. The summed E-state index contributed by atoms with van der Waals surface area (Å²) in [5.41, 5.74) is 0. The summed E-state index contributed by atoms with van der Waals surface area (Å²) in [5, 5.41) is 0. The first-order valence-electron chi connectivity index (χ1n) is 4.80. The maximum absolute atomic E-state index is 5.75. The number of hydrogen-bond acceptors (Lipinski definition) is 3. The molecule has 0 radical (unpaired) electrons. The molecule has 78 valence electrons. The van der Waals surface area contributed by atoms with Crippen LogP contribution in [0.15, 0.2) is 0 Å². The van der Waals surface area contributed by atoms with E-state index in [1.165, 1.54) is 0 Å². The Morgan fingerprint density at radius 1 is 1.46 bits per heavy atom. The van der Waals surface area contributed by atoms with Gasteiger partial charge < -0.3 is 9.05 Å². The van der Waals surface area contributed by atoms with E-state index in [9.17, 15) is 0 Å². The Balaban J connectivity index is 2.67. The molecule has 1 rings (SSSR count). The molecule has 2 atom stereocenters. The molecule has 5 heteroatoms. The maximum Gasteiger partial charge on any atom is 0.264 e. The van der Waals surface area contributed by atoms with Crippen molar-refractivity contribution in [3.05, 3.63) is 0 Å². The first kappa shape index (κ1) is 11.6. The lowest BCUT2D eigenvalue weighted by Gasteiger charge is -2.37. The quantitative estimate of drug-likeness (QED) is 0.685. The van der Waals surface area contributed by atoms with Gasteiger partial charge in [0.05, 0.1) is 12.7 Å². The van der Waals surface area contributed by atoms with Crippen LogP contribution in [0.2, 0.25) is 0 Å². The lowest BCUT2D eigenvalue weighted by atomic mass is 10.3. The van der Waals surface area contributed by atoms with Crippen molar-refractivity contribution < 1.29 is 9.05 Å². The zero-order chi connectivity index (χ0) is 9.90. The van der Waals surface area contributed by atoms with E-state index in [1.807, 2.05) is 0 Å². The van der Waals surface area contributed by atoms with Gasteiger partial charge in [0.15, 0.2) is 0 Å². The summed E-state index contributed by atoms with van der Waals surface area (Å²) in [6, 6.07) is 0. The van der Waals surface area contributed by atoms with E-state index in [0.29, 0.717) is 0 Å². The molecule has 0 aromatic rings. The lowest BCUT2D eigenvalue weighted by Crippen LogP contribution is -2.28. The van der Waals surface area contributed by atoms with Gasteiger partial charge in [-0.25, -0.2) is 4.67 Å². The highest BCUT2D eigenvalue weighted by Crippen LogP contribution is 2.55. The van der Waals surface area contributed by atoms with E-state index in [-0.39, 0.29) is 6.10 Å². The van der Waals surface area contributed by atoms with Crippen molar-refractivity contribution in [2.75, 3.05) is 19.7 Å². The summed E-state index contributed by atoms with van der Waals surface area (Å²) in [7, 11) is 0. The highest BCUT2D eigenvalue weighted by atomic mass is 32.5. The number of rotatable bonds is 3. The van der Waals surface area contributed by atoms with E-state index < -0.39 is 6.64 Å². The summed E-state index contributed by atoms with van der Waals surface area (Å²) in [6.45, 7) is 6.67. The van der Waals surface area contributed by atoms with Crippen molar-refractivity contribution in [1.29, 1.82) is 0 Å². The van der Waals surface area contributed by atoms with Gasteiger partial charge in [0.2, 0.25) is 0 Å². The van der Waals surface area contributed by atoms with E-state index in [2.05, 4.69) is 25.4 Å². The van der Waals surface area contributed by atoms with Gasteiger partial charge in [-0.2, -0.15) is 0 Å². The van der Waals surface area contributed by atoms with Crippen LogP contribution in [0.5, 0.6) is 0 Å². The molecule has 0 aromatic heterocycles. The topological polar surface area (TPSA) is 21.7 Å². The smallest absolute Gasteiger partial charge is 0.264 e. The molecule has 13 heavy (non-hydrogen) atoms. The SMILES string of the molecule is CCN(CC)P1(=S)OCCC(C)O1. The van der Waals surface area contributed by atoms with Crippen LogP contribution >= 0.6 is 6.64 Å². The standard InChI is InChI=1S/C8H18NO2PS/c1-4-9(5-2)12(13)10-7-6-8(3)11-12/h8H,4-7H2,1-3H3. The summed E-state index contributed by atoms with van der Waals surface area (Å²) >= 11 is 5.44. The minimum absolute atomic E-state index is 0.250. The normalized spacial score (nSPS) is 35.2. The Hall–Kier alpha value is 0.530. The van der Waals surface area contributed by atoms with Crippen LogP contribution in [-0.4, -0.2) is 30.5 Å². The first-order chi connectivity index (χ1) is 6.12. The Labute approximate surface area is 85.6 Å². The van der Waals surface area contributed by atoms with Crippen molar-refractivity contribution in [1.82, 2.24) is 4.67 Å². The summed E-state index contributed by atoms with van der Waals surface area (Å²) in [4.78, 5) is 0. The summed E-state index contributed by atoms with van der Waals surface area (Å²) in [5.74, 6) is 0. The molecule has 1 aliphatic heterocycles. The number of hydrogen-bond donors (Lipinski definition) is 0. The summed E-state index contributed by atoms with van der Waals surface area (Å²) in [6.07, 6.45) is 1.21. The van der Waals surface area contributed by atoms with Crippen molar-refractivity contribution in [3.63, 3.8) is 0 Å². The van der Waals surface area contributed by atoms with E-state index >= 15 is 0 Å². The second kappa shape index (κ2) is 4.85. The maximum atomic E-state index is 5.75. The molecule has 2 unspecified atom stereocenters. The zero-order valence-electron chi connectivity index (χ0n) is 8.52. The van der Waals surface area contributed by atoms with Gasteiger partial charge in [-0.05, 0) is 25.2 Å². The van der Waals surface area contributed by atoms with Crippen LogP contribution in [0.25, 0.3) is 0 Å². The van der Waals surface area contributed by atoms with E-state index in [1.54, 1.807) is 0 Å². The van der Waals surface area contributed by atoms with Crippen LogP contribution < -0.4 is 0 Å². The minimum atomic E-state index is -2.11. The van der Waals surface area contributed by atoms with Crippen molar-refractivity contribution in [3.8, 4) is 0 Å². The first-order valence-corrected chi connectivity index (χ1v) is 7.40. The van der Waals surface area contributed by atoms with Gasteiger partial charge in [0, 0.05) is 13.1 Å². The zero-order valence-corrected chi connectivity index (χ0v) is 10.2. The predicted molar refractivity (Wildman–Crippen MR) is 58.3 cm³/mol. The average Bonchev–Trinajstić information content (AvgIpc) is 2.05. The molecule has 0 saturated carbocycles. The van der Waals surface area contributed by atoms with Gasteiger partial charge in [-0.1, -0.05) is 13.8 Å². The third-order valence-corrected chi connectivity index (χ3v) is 5.83. The fourth-order valence-corrected chi connectivity index (χ4v) is 4.67. The molecule has 1 saturated heterocycles. The Kier molecular flexibility index (Phi) is 4.33. The molecule has 1 fully saturated rings. The second-order valence-electron chi connectivity index (χ2n) is 3.15. The molecule has 0 bridgehead atoms. The van der Waals surface area contributed by atoms with Gasteiger partial charge in [0.25, 0.3) is 6.64 Å². The molecule has 0 spiro atoms. The van der Waals surface area contributed by atoms with Gasteiger partial charge in [-0.3, -0.25) is 0 Å². The molecule has 3 nitrogen and oxygen atoms in total. The van der Waals surface area contributed by atoms with Crippen LogP contribution in [-0.2, 0) is 20.9 Å². The monoisotopic (exact) mass is 223 g/mol. The van der Waals surface area contributed by atoms with E-state index in [0.717, 1.165) is 26.1 Å². The molecule has 1 heterocycles. The van der Waals surface area contributed by atoms with Gasteiger partial charge in [-0.15, -0.1) is 0 Å². The number of nitrogens with zero attached hydrogens (tertiary/aromatic N) is 1. The Morgan fingerprint density at radius 2 is 2.08 bits per heavy atom. The van der Waals surface area contributed by atoms with Crippen LogP contribution in [0.1, 0.15) is 27.2 Å².